The van der Waals surface area contributed by atoms with Crippen molar-refractivity contribution in [2.75, 3.05) is 19.5 Å². The van der Waals surface area contributed by atoms with E-state index in [1.165, 1.54) is 4.52 Å². The maximum atomic E-state index is 12.1. The summed E-state index contributed by atoms with van der Waals surface area (Å²) in [5.74, 6) is -1.25. The number of carbonyl (C=O) groups is 1. The molecule has 4 aromatic rings. The minimum Gasteiger partial charge on any atom is -0.496 e. The van der Waals surface area contributed by atoms with Crippen molar-refractivity contribution < 1.29 is 36.1 Å². The molecule has 0 saturated carbocycles. The molecular formula is C20H16F3N4O5S-. The SMILES string of the molecule is COc1cccc2oc(-c3cnc4ccc(OCCC[S-](=O)=NC(=O)C(F)(F)F)nn34)cc12. The number of hydrogen-bond donors (Lipinski definition) is 0. The van der Waals surface area contributed by atoms with Crippen LogP contribution in [0.3, 0.4) is 0 Å². The fourth-order valence-electron chi connectivity index (χ4n) is 2.99. The molecule has 3 aromatic heterocycles. The number of amides is 1. The van der Waals surface area contributed by atoms with Gasteiger partial charge in [-0.15, -0.1) is 5.10 Å². The van der Waals surface area contributed by atoms with Gasteiger partial charge in [0.2, 0.25) is 5.88 Å². The molecule has 0 aliphatic heterocycles. The average molecular weight is 481 g/mol. The van der Waals surface area contributed by atoms with Crippen LogP contribution in [0.2, 0.25) is 0 Å². The molecule has 0 N–H and O–H groups in total. The predicted octanol–water partition coefficient (Wildman–Crippen LogP) is 4.16. The molecule has 1 aromatic carbocycles. The molecule has 0 spiro atoms. The van der Waals surface area contributed by atoms with Crippen molar-refractivity contribution in [2.24, 2.45) is 4.36 Å². The van der Waals surface area contributed by atoms with Gasteiger partial charge in [0.05, 0.1) is 25.3 Å². The molecule has 0 fully saturated rings. The van der Waals surface area contributed by atoms with Crippen LogP contribution >= 0.6 is 0 Å². The summed E-state index contributed by atoms with van der Waals surface area (Å²) in [5.41, 5.74) is 1.74. The molecule has 0 bridgehead atoms. The molecule has 3 heterocycles. The van der Waals surface area contributed by atoms with Crippen molar-refractivity contribution in [1.82, 2.24) is 14.6 Å². The normalized spacial score (nSPS) is 13.0. The van der Waals surface area contributed by atoms with Gasteiger partial charge in [0.15, 0.2) is 11.4 Å². The lowest BCUT2D eigenvalue weighted by atomic mass is 10.2. The minimum atomic E-state index is -5.14. The zero-order valence-corrected chi connectivity index (χ0v) is 17.9. The van der Waals surface area contributed by atoms with Crippen LogP contribution in [0.1, 0.15) is 6.42 Å². The van der Waals surface area contributed by atoms with Crippen molar-refractivity contribution in [2.45, 2.75) is 12.6 Å². The van der Waals surface area contributed by atoms with Gasteiger partial charge in [0.1, 0.15) is 17.0 Å². The predicted molar refractivity (Wildman–Crippen MR) is 111 cm³/mol. The topological polar surface area (TPSA) is 108 Å². The van der Waals surface area contributed by atoms with Crippen LogP contribution < -0.4 is 9.47 Å². The highest BCUT2D eigenvalue weighted by atomic mass is 32.2. The molecule has 0 aliphatic rings. The first-order chi connectivity index (χ1) is 15.8. The monoisotopic (exact) mass is 481 g/mol. The zero-order chi connectivity index (χ0) is 23.6. The number of aromatic nitrogens is 3. The molecule has 0 aliphatic carbocycles. The smallest absolute Gasteiger partial charge is 0.471 e. The average Bonchev–Trinajstić information content (AvgIpc) is 3.39. The Morgan fingerprint density at radius 1 is 1.27 bits per heavy atom. The zero-order valence-electron chi connectivity index (χ0n) is 17.0. The van der Waals surface area contributed by atoms with E-state index in [0.717, 1.165) is 5.39 Å². The molecule has 4 rings (SSSR count). The summed E-state index contributed by atoms with van der Waals surface area (Å²) in [6, 6.07) is 10.5. The van der Waals surface area contributed by atoms with Crippen LogP contribution in [-0.4, -0.2) is 46.2 Å². The highest BCUT2D eigenvalue weighted by Crippen LogP contribution is 2.33. The van der Waals surface area contributed by atoms with Gasteiger partial charge in [0, 0.05) is 6.07 Å². The molecule has 0 unspecified atom stereocenters. The quantitative estimate of drug-likeness (QED) is 0.288. The highest BCUT2D eigenvalue weighted by Gasteiger charge is 2.36. The van der Waals surface area contributed by atoms with Gasteiger partial charge < -0.3 is 22.5 Å². The molecule has 1 amide bonds. The number of furan rings is 1. The third-order valence-corrected chi connectivity index (χ3v) is 5.48. The Labute approximate surface area is 186 Å². The largest absolute Gasteiger partial charge is 0.496 e. The van der Waals surface area contributed by atoms with Gasteiger partial charge in [-0.1, -0.05) is 11.8 Å². The van der Waals surface area contributed by atoms with Crippen LogP contribution in [0.15, 0.2) is 51.4 Å². The number of nitrogens with zero attached hydrogens (tertiary/aromatic N) is 4. The van der Waals surface area contributed by atoms with Gasteiger partial charge in [-0.25, -0.2) is 9.50 Å². The van der Waals surface area contributed by atoms with Crippen LogP contribution in [0.5, 0.6) is 11.6 Å². The summed E-state index contributed by atoms with van der Waals surface area (Å²) in [4.78, 5) is 15.0. The van der Waals surface area contributed by atoms with Crippen LogP contribution in [0.25, 0.3) is 28.1 Å². The van der Waals surface area contributed by atoms with E-state index in [0.29, 0.717) is 28.4 Å². The van der Waals surface area contributed by atoms with E-state index >= 15 is 0 Å². The fraction of sp³-hybridized carbons (Fsp3) is 0.250. The first-order valence-electron chi connectivity index (χ1n) is 9.52. The van der Waals surface area contributed by atoms with E-state index in [-0.39, 0.29) is 24.7 Å². The number of carbonyl (C=O) groups excluding carboxylic acids is 1. The third-order valence-electron chi connectivity index (χ3n) is 4.47. The number of benzene rings is 1. The number of ether oxygens (including phenoxy) is 2. The van der Waals surface area contributed by atoms with E-state index in [1.807, 2.05) is 24.3 Å². The lowest BCUT2D eigenvalue weighted by Crippen LogP contribution is -2.20. The lowest BCUT2D eigenvalue weighted by Gasteiger charge is -2.08. The lowest BCUT2D eigenvalue weighted by molar-refractivity contribution is -0.169. The van der Waals surface area contributed by atoms with E-state index < -0.39 is 22.7 Å². The van der Waals surface area contributed by atoms with E-state index in [9.17, 15) is 22.2 Å². The maximum Gasteiger partial charge on any atom is 0.471 e. The Morgan fingerprint density at radius 2 is 2.09 bits per heavy atom. The standard InChI is InChI=1S/C20H16F3N4O5S/c1-30-14-4-2-5-15-12(14)10-16(32-15)13-11-24-17-6-7-18(25-27(13)17)31-8-3-9-33(29)26-19(28)20(21,22)23/h2,4-7,10-11H,3,8-9H2,1H3/q-1. The summed E-state index contributed by atoms with van der Waals surface area (Å²) in [6.07, 6.45) is -3.45. The Balaban J connectivity index is 1.47. The number of imidazole rings is 1. The van der Waals surface area contributed by atoms with Gasteiger partial charge in [0.25, 0.3) is 0 Å². The second kappa shape index (κ2) is 9.10. The third kappa shape index (κ3) is 4.92. The second-order valence-corrected chi connectivity index (χ2v) is 7.92. The number of fused-ring (bicyclic) bond motifs is 2. The molecule has 0 atom stereocenters. The second-order valence-electron chi connectivity index (χ2n) is 6.69. The number of rotatable bonds is 7. The Morgan fingerprint density at radius 3 is 2.85 bits per heavy atom. The van der Waals surface area contributed by atoms with Crippen molar-refractivity contribution in [1.29, 1.82) is 0 Å². The summed E-state index contributed by atoms with van der Waals surface area (Å²) in [5, 5.41) is 5.15. The van der Waals surface area contributed by atoms with Crippen LogP contribution in [0, 0.1) is 0 Å². The van der Waals surface area contributed by atoms with E-state index in [2.05, 4.69) is 14.4 Å². The fourth-order valence-corrected chi connectivity index (χ4v) is 3.73. The number of hydrogen-bond acceptors (Lipinski definition) is 8. The van der Waals surface area contributed by atoms with Crippen molar-refractivity contribution in [3.63, 3.8) is 0 Å². The van der Waals surface area contributed by atoms with Crippen molar-refractivity contribution >= 4 is 33.1 Å². The summed E-state index contributed by atoms with van der Waals surface area (Å²) < 4.78 is 68.8. The molecule has 9 nitrogen and oxygen atoms in total. The van der Waals surface area contributed by atoms with E-state index in [4.69, 9.17) is 13.9 Å². The number of alkyl halides is 3. The highest BCUT2D eigenvalue weighted by molar-refractivity contribution is 7.75. The molecule has 13 heteroatoms. The van der Waals surface area contributed by atoms with Crippen molar-refractivity contribution in [3.05, 3.63) is 42.6 Å². The molecule has 0 saturated heterocycles. The van der Waals surface area contributed by atoms with Gasteiger partial charge in [-0.05, 0) is 30.7 Å². The van der Waals surface area contributed by atoms with E-state index in [1.54, 1.807) is 25.4 Å². The summed E-state index contributed by atoms with van der Waals surface area (Å²) in [7, 11) is -0.724. The van der Waals surface area contributed by atoms with Gasteiger partial charge in [-0.3, -0.25) is 4.79 Å². The Kier molecular flexibility index (Phi) is 6.22. The number of halogens is 3. The first kappa shape index (κ1) is 22.6. The van der Waals surface area contributed by atoms with Gasteiger partial charge >= 0.3 is 12.1 Å². The van der Waals surface area contributed by atoms with Crippen LogP contribution in [0.4, 0.5) is 13.2 Å². The number of methoxy groups -OCH3 is 1. The Hall–Kier alpha value is -3.61. The molecule has 174 valence electrons. The summed E-state index contributed by atoms with van der Waals surface area (Å²) >= 11 is 0. The first-order valence-corrected chi connectivity index (χ1v) is 10.8. The van der Waals surface area contributed by atoms with Crippen LogP contribution in [-0.2, 0) is 19.6 Å². The molecular weight excluding hydrogens is 465 g/mol. The minimum absolute atomic E-state index is 0.00580. The molecule has 33 heavy (non-hydrogen) atoms. The van der Waals surface area contributed by atoms with Crippen molar-refractivity contribution in [3.8, 4) is 23.1 Å². The Bertz CT molecular complexity index is 1410. The summed E-state index contributed by atoms with van der Waals surface area (Å²) in [6.45, 7) is 0.00580. The van der Waals surface area contributed by atoms with Gasteiger partial charge in [-0.2, -0.15) is 23.8 Å². The maximum absolute atomic E-state index is 12.1. The molecule has 0 radical (unpaired) electrons.